The lowest BCUT2D eigenvalue weighted by molar-refractivity contribution is -0.403. The zero-order valence-electron chi connectivity index (χ0n) is 17.3. The van der Waals surface area contributed by atoms with Crippen molar-refractivity contribution in [2.75, 3.05) is 38.8 Å². The van der Waals surface area contributed by atoms with Gasteiger partial charge in [-0.2, -0.15) is 11.8 Å². The molecule has 1 aromatic heterocycles. The first-order chi connectivity index (χ1) is 14.4. The molecule has 0 aliphatic rings. The normalized spacial score (nSPS) is 11.4. The number of hydrogen-bond acceptors (Lipinski definition) is 8. The number of carbonyl (C=O) groups is 1. The molecule has 0 fully saturated rings. The third kappa shape index (κ3) is 8.18. The van der Waals surface area contributed by atoms with E-state index in [0.717, 1.165) is 35.8 Å². The Morgan fingerprint density at radius 3 is 2.73 bits per heavy atom. The highest BCUT2D eigenvalue weighted by Gasteiger charge is 2.08. The van der Waals surface area contributed by atoms with E-state index in [9.17, 15) is 14.9 Å². The molecule has 2 rings (SSSR count). The third-order valence-corrected chi connectivity index (χ3v) is 4.85. The standard InChI is InChI=1S/C20H27N5O4S/c1-21-19(13-25(27)28)23-16-6-4-5-15(11-16)20(26)22-9-10-30-14-18-8-7-17(29-18)12-24(2)3/h4-8,11,13,21,23H,9-10,12,14H2,1-3H3,(H,22,26)/b19-13+. The fourth-order valence-electron chi connectivity index (χ4n) is 2.57. The van der Waals surface area contributed by atoms with E-state index in [1.54, 1.807) is 43.1 Å². The summed E-state index contributed by atoms with van der Waals surface area (Å²) in [6.45, 7) is 1.29. The van der Waals surface area contributed by atoms with Crippen molar-refractivity contribution >= 4 is 23.4 Å². The summed E-state index contributed by atoms with van der Waals surface area (Å²) in [6.07, 6.45) is 0.826. The smallest absolute Gasteiger partial charge is 0.274 e. The largest absolute Gasteiger partial charge is 0.464 e. The molecule has 162 valence electrons. The summed E-state index contributed by atoms with van der Waals surface area (Å²) in [5, 5.41) is 19.1. The second-order valence-corrected chi connectivity index (χ2v) is 7.80. The van der Waals surface area contributed by atoms with Gasteiger partial charge in [-0.25, -0.2) is 0 Å². The molecular weight excluding hydrogens is 406 g/mol. The molecule has 0 saturated heterocycles. The molecule has 0 atom stereocenters. The van der Waals surface area contributed by atoms with Crippen molar-refractivity contribution in [1.82, 2.24) is 15.5 Å². The number of hydrogen-bond donors (Lipinski definition) is 3. The van der Waals surface area contributed by atoms with Crippen molar-refractivity contribution in [2.45, 2.75) is 12.3 Å². The van der Waals surface area contributed by atoms with Crippen LogP contribution in [0.15, 0.2) is 52.8 Å². The zero-order chi connectivity index (χ0) is 21.9. The van der Waals surface area contributed by atoms with Crippen LogP contribution in [0.4, 0.5) is 5.69 Å². The summed E-state index contributed by atoms with van der Waals surface area (Å²) in [5.41, 5.74) is 1.05. The predicted molar refractivity (Wildman–Crippen MR) is 119 cm³/mol. The number of rotatable bonds is 12. The van der Waals surface area contributed by atoms with Crippen molar-refractivity contribution in [1.29, 1.82) is 0 Å². The van der Waals surface area contributed by atoms with E-state index in [1.807, 2.05) is 31.1 Å². The Balaban J connectivity index is 1.77. The topological polar surface area (TPSA) is 113 Å². The van der Waals surface area contributed by atoms with Crippen molar-refractivity contribution in [3.05, 3.63) is 75.6 Å². The van der Waals surface area contributed by atoms with Crippen LogP contribution in [-0.4, -0.2) is 49.2 Å². The van der Waals surface area contributed by atoms with Crippen molar-refractivity contribution in [3.63, 3.8) is 0 Å². The number of nitrogens with one attached hydrogen (secondary N) is 3. The first-order valence-corrected chi connectivity index (χ1v) is 10.5. The minimum atomic E-state index is -0.557. The number of nitro groups is 1. The molecule has 1 heterocycles. The molecule has 0 saturated carbocycles. The summed E-state index contributed by atoms with van der Waals surface area (Å²) < 4.78 is 5.76. The van der Waals surface area contributed by atoms with E-state index in [0.29, 0.717) is 17.8 Å². The number of anilines is 1. The predicted octanol–water partition coefficient (Wildman–Crippen LogP) is 2.71. The summed E-state index contributed by atoms with van der Waals surface area (Å²) in [7, 11) is 5.56. The minimum absolute atomic E-state index is 0.199. The SMILES string of the molecule is CN/C(=C\[N+](=O)[O-])Nc1cccc(C(=O)NCCSCc2ccc(CN(C)C)o2)c1. The Morgan fingerprint density at radius 2 is 2.03 bits per heavy atom. The van der Waals surface area contributed by atoms with Gasteiger partial charge in [-0.15, -0.1) is 0 Å². The van der Waals surface area contributed by atoms with Crippen LogP contribution in [0.2, 0.25) is 0 Å². The highest BCUT2D eigenvalue weighted by Crippen LogP contribution is 2.16. The zero-order valence-corrected chi connectivity index (χ0v) is 18.1. The summed E-state index contributed by atoms with van der Waals surface area (Å²) >= 11 is 1.68. The van der Waals surface area contributed by atoms with Gasteiger partial charge in [-0.3, -0.25) is 14.9 Å². The lowest BCUT2D eigenvalue weighted by Crippen LogP contribution is -2.26. The number of nitrogens with zero attached hydrogens (tertiary/aromatic N) is 2. The number of benzene rings is 1. The summed E-state index contributed by atoms with van der Waals surface area (Å²) in [4.78, 5) is 24.5. The second-order valence-electron chi connectivity index (χ2n) is 6.70. The molecule has 0 unspecified atom stereocenters. The summed E-state index contributed by atoms with van der Waals surface area (Å²) in [5.74, 6) is 3.38. The number of furan rings is 1. The molecule has 0 aliphatic heterocycles. The molecule has 2 aromatic rings. The van der Waals surface area contributed by atoms with E-state index in [1.165, 1.54) is 0 Å². The van der Waals surface area contributed by atoms with Crippen LogP contribution in [0, 0.1) is 10.1 Å². The molecule has 0 aliphatic carbocycles. The van der Waals surface area contributed by atoms with Gasteiger partial charge in [0, 0.05) is 30.6 Å². The molecule has 1 amide bonds. The van der Waals surface area contributed by atoms with E-state index >= 15 is 0 Å². The first-order valence-electron chi connectivity index (χ1n) is 9.36. The highest BCUT2D eigenvalue weighted by atomic mass is 32.2. The van der Waals surface area contributed by atoms with Gasteiger partial charge in [0.05, 0.1) is 17.2 Å². The average molecular weight is 434 g/mol. The maximum atomic E-state index is 12.4. The number of thioether (sulfide) groups is 1. The van der Waals surface area contributed by atoms with Crippen molar-refractivity contribution < 1.29 is 14.1 Å². The molecule has 0 bridgehead atoms. The highest BCUT2D eigenvalue weighted by molar-refractivity contribution is 7.98. The van der Waals surface area contributed by atoms with Crippen LogP contribution < -0.4 is 16.0 Å². The molecular formula is C20H27N5O4S. The van der Waals surface area contributed by atoms with E-state index in [4.69, 9.17) is 4.42 Å². The monoisotopic (exact) mass is 433 g/mol. The Bertz CT molecular complexity index is 882. The fraction of sp³-hybridized carbons (Fsp3) is 0.350. The van der Waals surface area contributed by atoms with Crippen molar-refractivity contribution in [2.24, 2.45) is 0 Å². The van der Waals surface area contributed by atoms with E-state index < -0.39 is 4.92 Å². The van der Waals surface area contributed by atoms with Gasteiger partial charge in [0.25, 0.3) is 12.1 Å². The second kappa shape index (κ2) is 11.9. The maximum Gasteiger partial charge on any atom is 0.274 e. The molecule has 10 heteroatoms. The van der Waals surface area contributed by atoms with E-state index in [2.05, 4.69) is 16.0 Å². The lowest BCUT2D eigenvalue weighted by atomic mass is 10.2. The molecule has 0 radical (unpaired) electrons. The Hall–Kier alpha value is -2.98. The fourth-order valence-corrected chi connectivity index (χ4v) is 3.31. The van der Waals surface area contributed by atoms with Crippen LogP contribution in [-0.2, 0) is 12.3 Å². The van der Waals surface area contributed by atoms with Gasteiger partial charge < -0.3 is 25.3 Å². The minimum Gasteiger partial charge on any atom is -0.464 e. The van der Waals surface area contributed by atoms with Gasteiger partial charge >= 0.3 is 0 Å². The molecule has 9 nitrogen and oxygen atoms in total. The van der Waals surface area contributed by atoms with Gasteiger partial charge in [0.2, 0.25) is 0 Å². The maximum absolute atomic E-state index is 12.4. The number of carbonyl (C=O) groups excluding carboxylic acids is 1. The van der Waals surface area contributed by atoms with Gasteiger partial charge in [0.1, 0.15) is 11.5 Å². The molecule has 3 N–H and O–H groups in total. The van der Waals surface area contributed by atoms with Crippen LogP contribution >= 0.6 is 11.8 Å². The Labute approximate surface area is 180 Å². The van der Waals surface area contributed by atoms with Gasteiger partial charge in [-0.05, 0) is 44.4 Å². The van der Waals surface area contributed by atoms with Crippen LogP contribution in [0.5, 0.6) is 0 Å². The van der Waals surface area contributed by atoms with Gasteiger partial charge in [-0.1, -0.05) is 6.07 Å². The summed E-state index contributed by atoms with van der Waals surface area (Å²) in [6, 6.07) is 10.7. The van der Waals surface area contributed by atoms with Crippen molar-refractivity contribution in [3.8, 4) is 0 Å². The molecule has 30 heavy (non-hydrogen) atoms. The third-order valence-electron chi connectivity index (χ3n) is 3.87. The van der Waals surface area contributed by atoms with Gasteiger partial charge in [0.15, 0.2) is 5.82 Å². The molecule has 1 aromatic carbocycles. The van der Waals surface area contributed by atoms with Crippen LogP contribution in [0.25, 0.3) is 0 Å². The Morgan fingerprint density at radius 1 is 1.27 bits per heavy atom. The molecule has 0 spiro atoms. The van der Waals surface area contributed by atoms with Crippen LogP contribution in [0.3, 0.4) is 0 Å². The van der Waals surface area contributed by atoms with Crippen LogP contribution in [0.1, 0.15) is 21.9 Å². The first kappa shape index (κ1) is 23.3. The van der Waals surface area contributed by atoms with E-state index in [-0.39, 0.29) is 11.7 Å². The Kier molecular flexibility index (Phi) is 9.23. The number of amides is 1. The average Bonchev–Trinajstić information content (AvgIpc) is 3.13. The lowest BCUT2D eigenvalue weighted by Gasteiger charge is -2.10. The quantitative estimate of drug-likeness (QED) is 0.266.